The Bertz CT molecular complexity index is 881. The predicted molar refractivity (Wildman–Crippen MR) is 79.1 cm³/mol. The van der Waals surface area contributed by atoms with E-state index in [4.69, 9.17) is 5.14 Å². The van der Waals surface area contributed by atoms with Crippen LogP contribution in [0.25, 0.3) is 11.1 Å². The van der Waals surface area contributed by atoms with E-state index in [0.29, 0.717) is 17.8 Å². The number of carbonyl (C=O) groups is 1. The van der Waals surface area contributed by atoms with Crippen LogP contribution >= 0.6 is 0 Å². The summed E-state index contributed by atoms with van der Waals surface area (Å²) in [5.74, 6) is -0.576. The first-order chi connectivity index (χ1) is 10.3. The summed E-state index contributed by atoms with van der Waals surface area (Å²) < 4.78 is 36.8. The Kier molecular flexibility index (Phi) is 3.34. The fourth-order valence-corrected chi connectivity index (χ4v) is 2.80. The van der Waals surface area contributed by atoms with Crippen molar-refractivity contribution in [2.24, 2.45) is 5.14 Å². The number of rotatable bonds is 2. The predicted octanol–water partition coefficient (Wildman–Crippen LogP) is 1.78. The molecule has 8 heteroatoms. The molecule has 22 heavy (non-hydrogen) atoms. The Labute approximate surface area is 126 Å². The SMILES string of the molecule is NS(=O)(=O)c1ccc(F)c(-c2ccc3c(c2)NC(=O)NC3)c1. The monoisotopic (exact) mass is 321 g/mol. The fraction of sp³-hybridized carbons (Fsp3) is 0.0714. The van der Waals surface area contributed by atoms with Crippen molar-refractivity contribution in [2.75, 3.05) is 5.32 Å². The molecule has 114 valence electrons. The van der Waals surface area contributed by atoms with Gasteiger partial charge in [0.25, 0.3) is 0 Å². The van der Waals surface area contributed by atoms with E-state index in [1.54, 1.807) is 18.2 Å². The zero-order chi connectivity index (χ0) is 15.9. The number of nitrogens with one attached hydrogen (secondary N) is 2. The third-order valence-electron chi connectivity index (χ3n) is 3.37. The molecule has 0 fully saturated rings. The molecule has 0 aliphatic carbocycles. The van der Waals surface area contributed by atoms with Gasteiger partial charge in [0.2, 0.25) is 10.0 Å². The molecule has 6 nitrogen and oxygen atoms in total. The van der Waals surface area contributed by atoms with Crippen molar-refractivity contribution in [3.63, 3.8) is 0 Å². The molecule has 0 unspecified atom stereocenters. The number of sulfonamides is 1. The van der Waals surface area contributed by atoms with Crippen LogP contribution in [0.4, 0.5) is 14.9 Å². The summed E-state index contributed by atoms with van der Waals surface area (Å²) in [5.41, 5.74) is 1.96. The van der Waals surface area contributed by atoms with Gasteiger partial charge in [-0.1, -0.05) is 12.1 Å². The Morgan fingerprint density at radius 3 is 2.64 bits per heavy atom. The van der Waals surface area contributed by atoms with Crippen molar-refractivity contribution in [3.05, 3.63) is 47.8 Å². The van der Waals surface area contributed by atoms with Gasteiger partial charge in [0.05, 0.1) is 4.90 Å². The molecule has 0 aromatic heterocycles. The van der Waals surface area contributed by atoms with Crippen LogP contribution in [0.3, 0.4) is 0 Å². The lowest BCUT2D eigenvalue weighted by Gasteiger charge is -2.19. The van der Waals surface area contributed by atoms with Crippen molar-refractivity contribution >= 4 is 21.7 Å². The van der Waals surface area contributed by atoms with Gasteiger partial charge < -0.3 is 10.6 Å². The van der Waals surface area contributed by atoms with Crippen molar-refractivity contribution in [1.82, 2.24) is 5.32 Å². The van der Waals surface area contributed by atoms with Crippen LogP contribution in [0.15, 0.2) is 41.3 Å². The van der Waals surface area contributed by atoms with Crippen molar-refractivity contribution < 1.29 is 17.6 Å². The molecule has 0 saturated heterocycles. The highest BCUT2D eigenvalue weighted by molar-refractivity contribution is 7.89. The largest absolute Gasteiger partial charge is 0.334 e. The number of hydrogen-bond donors (Lipinski definition) is 3. The van der Waals surface area contributed by atoms with E-state index >= 15 is 0 Å². The minimum Gasteiger partial charge on any atom is -0.334 e. The molecule has 1 aliphatic rings. The zero-order valence-electron chi connectivity index (χ0n) is 11.3. The van der Waals surface area contributed by atoms with E-state index in [1.165, 1.54) is 6.07 Å². The standard InChI is InChI=1S/C14H12FN3O3S/c15-12-4-3-10(22(16,20)21)6-11(12)8-1-2-9-7-17-14(19)18-13(9)5-8/h1-6H,7H2,(H2,16,20,21)(H2,17,18,19). The number of urea groups is 1. The summed E-state index contributed by atoms with van der Waals surface area (Å²) >= 11 is 0. The lowest BCUT2D eigenvalue weighted by molar-refractivity contribution is 0.251. The lowest BCUT2D eigenvalue weighted by atomic mass is 10.0. The second-order valence-electron chi connectivity index (χ2n) is 4.87. The van der Waals surface area contributed by atoms with Gasteiger partial charge in [0.15, 0.2) is 0 Å². The second kappa shape index (κ2) is 5.08. The summed E-state index contributed by atoms with van der Waals surface area (Å²) in [7, 11) is -3.92. The summed E-state index contributed by atoms with van der Waals surface area (Å²) in [6.45, 7) is 0.376. The highest BCUT2D eigenvalue weighted by Crippen LogP contribution is 2.30. The highest BCUT2D eigenvalue weighted by Gasteiger charge is 2.17. The molecule has 3 rings (SSSR count). The quantitative estimate of drug-likeness (QED) is 0.785. The maximum atomic E-state index is 14.0. The third-order valence-corrected chi connectivity index (χ3v) is 4.29. The van der Waals surface area contributed by atoms with Crippen LogP contribution in [0, 0.1) is 5.82 Å². The number of fused-ring (bicyclic) bond motifs is 1. The third kappa shape index (κ3) is 2.66. The summed E-state index contributed by atoms with van der Waals surface area (Å²) in [6, 6.07) is 7.98. The van der Waals surface area contributed by atoms with E-state index in [-0.39, 0.29) is 16.5 Å². The summed E-state index contributed by atoms with van der Waals surface area (Å²) in [6.07, 6.45) is 0. The van der Waals surface area contributed by atoms with Gasteiger partial charge in [0.1, 0.15) is 5.82 Å². The minimum atomic E-state index is -3.92. The van der Waals surface area contributed by atoms with Gasteiger partial charge >= 0.3 is 6.03 Å². The van der Waals surface area contributed by atoms with Gasteiger partial charge in [-0.25, -0.2) is 22.7 Å². The number of hydrogen-bond acceptors (Lipinski definition) is 3. The van der Waals surface area contributed by atoms with Crippen molar-refractivity contribution in [2.45, 2.75) is 11.4 Å². The van der Waals surface area contributed by atoms with Crippen LogP contribution in [0.2, 0.25) is 0 Å². The second-order valence-corrected chi connectivity index (χ2v) is 6.43. The molecular formula is C14H12FN3O3S. The molecule has 0 atom stereocenters. The van der Waals surface area contributed by atoms with E-state index in [2.05, 4.69) is 10.6 Å². The Morgan fingerprint density at radius 1 is 1.14 bits per heavy atom. The van der Waals surface area contributed by atoms with E-state index in [0.717, 1.165) is 17.7 Å². The smallest absolute Gasteiger partial charge is 0.319 e. The fourth-order valence-electron chi connectivity index (χ4n) is 2.26. The van der Waals surface area contributed by atoms with E-state index < -0.39 is 15.8 Å². The van der Waals surface area contributed by atoms with Crippen LogP contribution in [0.1, 0.15) is 5.56 Å². The van der Waals surface area contributed by atoms with Gasteiger partial charge in [-0.2, -0.15) is 0 Å². The molecule has 4 N–H and O–H groups in total. The van der Waals surface area contributed by atoms with Gasteiger partial charge in [-0.15, -0.1) is 0 Å². The summed E-state index contributed by atoms with van der Waals surface area (Å²) in [4.78, 5) is 11.2. The molecule has 1 aliphatic heterocycles. The van der Waals surface area contributed by atoms with Crippen LogP contribution < -0.4 is 15.8 Å². The lowest BCUT2D eigenvalue weighted by Crippen LogP contribution is -2.33. The number of nitrogens with two attached hydrogens (primary N) is 1. The molecule has 0 saturated carbocycles. The normalized spacial score (nSPS) is 14.0. The number of carbonyl (C=O) groups excluding carboxylic acids is 1. The average Bonchev–Trinajstić information content (AvgIpc) is 2.45. The van der Waals surface area contributed by atoms with Crippen molar-refractivity contribution in [3.8, 4) is 11.1 Å². The van der Waals surface area contributed by atoms with Crippen LogP contribution in [-0.2, 0) is 16.6 Å². The van der Waals surface area contributed by atoms with E-state index in [1.807, 2.05) is 0 Å². The van der Waals surface area contributed by atoms with Gasteiger partial charge in [-0.05, 0) is 35.4 Å². The maximum absolute atomic E-state index is 14.0. The minimum absolute atomic E-state index is 0.0992. The number of anilines is 1. The zero-order valence-corrected chi connectivity index (χ0v) is 12.1. The molecule has 1 heterocycles. The first kappa shape index (κ1) is 14.5. The first-order valence-electron chi connectivity index (χ1n) is 6.35. The molecule has 0 radical (unpaired) electrons. The molecule has 2 aromatic rings. The van der Waals surface area contributed by atoms with Crippen LogP contribution in [-0.4, -0.2) is 14.4 Å². The Hall–Kier alpha value is -2.45. The summed E-state index contributed by atoms with van der Waals surface area (Å²) in [5, 5.41) is 10.3. The molecule has 2 amide bonds. The number of benzene rings is 2. The Balaban J connectivity index is 2.12. The molecular weight excluding hydrogens is 309 g/mol. The molecule has 0 bridgehead atoms. The van der Waals surface area contributed by atoms with Gasteiger partial charge in [-0.3, -0.25) is 0 Å². The number of halogens is 1. The van der Waals surface area contributed by atoms with Crippen LogP contribution in [0.5, 0.6) is 0 Å². The maximum Gasteiger partial charge on any atom is 0.319 e. The number of primary sulfonamides is 1. The van der Waals surface area contributed by atoms with E-state index in [9.17, 15) is 17.6 Å². The van der Waals surface area contributed by atoms with Crippen molar-refractivity contribution in [1.29, 1.82) is 0 Å². The Morgan fingerprint density at radius 2 is 1.91 bits per heavy atom. The highest BCUT2D eigenvalue weighted by atomic mass is 32.2. The molecule has 2 aromatic carbocycles. The average molecular weight is 321 g/mol. The number of amides is 2. The molecule has 0 spiro atoms. The first-order valence-corrected chi connectivity index (χ1v) is 7.90. The topological polar surface area (TPSA) is 101 Å². The van der Waals surface area contributed by atoms with Gasteiger partial charge in [0, 0.05) is 17.8 Å².